The van der Waals surface area contributed by atoms with Gasteiger partial charge in [-0.2, -0.15) is 0 Å². The van der Waals surface area contributed by atoms with Crippen LogP contribution in [0.25, 0.3) is 0 Å². The van der Waals surface area contributed by atoms with Crippen LogP contribution in [0, 0.1) is 10.1 Å². The van der Waals surface area contributed by atoms with Crippen molar-refractivity contribution in [2.75, 3.05) is 12.4 Å². The molecule has 0 aliphatic heterocycles. The van der Waals surface area contributed by atoms with E-state index in [2.05, 4.69) is 21.2 Å². The molecule has 1 unspecified atom stereocenters. The number of nitro benzene ring substituents is 1. The number of aldehydes is 1. The highest BCUT2D eigenvalue weighted by atomic mass is 79.9. The second-order valence-electron chi connectivity index (χ2n) is 5.16. The van der Waals surface area contributed by atoms with Gasteiger partial charge in [0.05, 0.1) is 12.0 Å². The number of esters is 1. The lowest BCUT2D eigenvalue weighted by atomic mass is 10.0. The molecule has 0 aromatic heterocycles. The van der Waals surface area contributed by atoms with Crippen molar-refractivity contribution in [3.05, 3.63) is 68.2 Å². The molecule has 0 bridgehead atoms. The van der Waals surface area contributed by atoms with Gasteiger partial charge in [-0.25, -0.2) is 4.79 Å². The highest BCUT2D eigenvalue weighted by Gasteiger charge is 2.22. The summed E-state index contributed by atoms with van der Waals surface area (Å²) < 4.78 is 5.26. The first-order valence-corrected chi connectivity index (χ1v) is 8.07. The Kier molecular flexibility index (Phi) is 6.24. The van der Waals surface area contributed by atoms with Gasteiger partial charge in [-0.15, -0.1) is 0 Å². The Hall–Kier alpha value is -2.74. The smallest absolute Gasteiger partial charge is 0.328 e. The number of methoxy groups -OCH3 is 1. The number of anilines is 1. The standard InChI is InChI=1S/C17H15BrN2O5/c1-25-17(22)16(8-11-4-2-3-5-12(11)10-21)19-15-7-6-13(20(23)24)9-14(15)18/h2-7,9-10,16,19H,8H2,1H3. The molecule has 0 saturated carbocycles. The normalized spacial score (nSPS) is 11.4. The van der Waals surface area contributed by atoms with Crippen LogP contribution in [-0.2, 0) is 16.0 Å². The van der Waals surface area contributed by atoms with Gasteiger partial charge < -0.3 is 10.1 Å². The van der Waals surface area contributed by atoms with Gasteiger partial charge in [0.15, 0.2) is 0 Å². The minimum absolute atomic E-state index is 0.0710. The molecule has 25 heavy (non-hydrogen) atoms. The Morgan fingerprint density at radius 3 is 2.68 bits per heavy atom. The van der Waals surface area contributed by atoms with Crippen LogP contribution >= 0.6 is 15.9 Å². The van der Waals surface area contributed by atoms with Crippen molar-refractivity contribution < 1.29 is 19.2 Å². The summed E-state index contributed by atoms with van der Waals surface area (Å²) in [5.41, 5.74) is 1.61. The van der Waals surface area contributed by atoms with Gasteiger partial charge in [-0.05, 0) is 27.6 Å². The predicted molar refractivity (Wildman–Crippen MR) is 95.8 cm³/mol. The zero-order valence-corrected chi connectivity index (χ0v) is 14.9. The lowest BCUT2D eigenvalue weighted by Crippen LogP contribution is -2.33. The number of carbonyl (C=O) groups excluding carboxylic acids is 2. The number of halogens is 1. The van der Waals surface area contributed by atoms with E-state index in [1.54, 1.807) is 24.3 Å². The highest BCUT2D eigenvalue weighted by molar-refractivity contribution is 9.10. The lowest BCUT2D eigenvalue weighted by Gasteiger charge is -2.19. The number of carbonyl (C=O) groups is 2. The molecule has 7 nitrogen and oxygen atoms in total. The maximum atomic E-state index is 12.1. The number of nitro groups is 1. The fourth-order valence-electron chi connectivity index (χ4n) is 2.31. The number of nitrogens with zero attached hydrogens (tertiary/aromatic N) is 1. The van der Waals surface area contributed by atoms with Gasteiger partial charge in [-0.1, -0.05) is 24.3 Å². The van der Waals surface area contributed by atoms with Crippen LogP contribution in [0.4, 0.5) is 11.4 Å². The van der Waals surface area contributed by atoms with E-state index in [1.165, 1.54) is 25.3 Å². The SMILES string of the molecule is COC(=O)C(Cc1ccccc1C=O)Nc1ccc([N+](=O)[O-])cc1Br. The fraction of sp³-hybridized carbons (Fsp3) is 0.176. The molecule has 1 atom stereocenters. The summed E-state index contributed by atoms with van der Waals surface area (Å²) in [5, 5.41) is 13.8. The van der Waals surface area contributed by atoms with Crippen molar-refractivity contribution in [1.82, 2.24) is 0 Å². The number of benzene rings is 2. The highest BCUT2D eigenvalue weighted by Crippen LogP contribution is 2.28. The minimum atomic E-state index is -0.760. The Balaban J connectivity index is 2.28. The van der Waals surface area contributed by atoms with E-state index >= 15 is 0 Å². The summed E-state index contributed by atoms with van der Waals surface area (Å²) in [6, 6.07) is 10.4. The largest absolute Gasteiger partial charge is 0.467 e. The van der Waals surface area contributed by atoms with Crippen LogP contribution in [0.15, 0.2) is 46.9 Å². The number of rotatable bonds is 7. The van der Waals surface area contributed by atoms with E-state index in [4.69, 9.17) is 4.74 Å². The maximum Gasteiger partial charge on any atom is 0.328 e. The number of non-ortho nitro benzene ring substituents is 1. The van der Waals surface area contributed by atoms with Crippen LogP contribution in [0.3, 0.4) is 0 Å². The quantitative estimate of drug-likeness (QED) is 0.327. The van der Waals surface area contributed by atoms with Crippen molar-refractivity contribution >= 4 is 39.6 Å². The molecule has 2 rings (SSSR count). The molecule has 0 radical (unpaired) electrons. The molecular weight excluding hydrogens is 392 g/mol. The molecule has 0 aliphatic carbocycles. The van der Waals surface area contributed by atoms with Crippen LogP contribution in [-0.4, -0.2) is 30.3 Å². The minimum Gasteiger partial charge on any atom is -0.467 e. The number of hydrogen-bond donors (Lipinski definition) is 1. The Bertz CT molecular complexity index is 809. The van der Waals surface area contributed by atoms with Crippen LogP contribution in [0.5, 0.6) is 0 Å². The van der Waals surface area contributed by atoms with Crippen molar-refractivity contribution in [3.8, 4) is 0 Å². The molecular formula is C17H15BrN2O5. The average molecular weight is 407 g/mol. The lowest BCUT2D eigenvalue weighted by molar-refractivity contribution is -0.384. The molecule has 0 heterocycles. The van der Waals surface area contributed by atoms with E-state index in [0.29, 0.717) is 21.3 Å². The van der Waals surface area contributed by atoms with E-state index in [9.17, 15) is 19.7 Å². The second-order valence-corrected chi connectivity index (χ2v) is 6.02. The van der Waals surface area contributed by atoms with Gasteiger partial charge in [0, 0.05) is 34.3 Å². The van der Waals surface area contributed by atoms with E-state index in [-0.39, 0.29) is 12.1 Å². The van der Waals surface area contributed by atoms with Gasteiger partial charge in [0.1, 0.15) is 12.3 Å². The molecule has 0 fully saturated rings. The second kappa shape index (κ2) is 8.39. The van der Waals surface area contributed by atoms with E-state index in [0.717, 1.165) is 6.29 Å². The number of ether oxygens (including phenoxy) is 1. The molecule has 130 valence electrons. The zero-order chi connectivity index (χ0) is 18.4. The first-order chi connectivity index (χ1) is 12.0. The molecule has 1 N–H and O–H groups in total. The van der Waals surface area contributed by atoms with Crippen molar-refractivity contribution in [3.63, 3.8) is 0 Å². The summed E-state index contributed by atoms with van der Waals surface area (Å²) in [4.78, 5) is 33.6. The summed E-state index contributed by atoms with van der Waals surface area (Å²) in [6.07, 6.45) is 0.955. The van der Waals surface area contributed by atoms with E-state index < -0.39 is 16.9 Å². The fourth-order valence-corrected chi connectivity index (χ4v) is 2.79. The zero-order valence-electron chi connectivity index (χ0n) is 13.3. The number of nitrogens with one attached hydrogen (secondary N) is 1. The summed E-state index contributed by atoms with van der Waals surface area (Å²) in [6.45, 7) is 0. The third-order valence-corrected chi connectivity index (χ3v) is 4.24. The Morgan fingerprint density at radius 1 is 1.36 bits per heavy atom. The maximum absolute atomic E-state index is 12.1. The molecule has 8 heteroatoms. The molecule has 0 saturated heterocycles. The van der Waals surface area contributed by atoms with Crippen LogP contribution in [0.1, 0.15) is 15.9 Å². The van der Waals surface area contributed by atoms with Gasteiger partial charge in [0.2, 0.25) is 0 Å². The first kappa shape index (κ1) is 18.6. The van der Waals surface area contributed by atoms with E-state index in [1.807, 2.05) is 0 Å². The summed E-state index contributed by atoms with van der Waals surface area (Å²) in [7, 11) is 1.27. The van der Waals surface area contributed by atoms with Crippen molar-refractivity contribution in [1.29, 1.82) is 0 Å². The Morgan fingerprint density at radius 2 is 2.08 bits per heavy atom. The molecule has 2 aromatic carbocycles. The third kappa shape index (κ3) is 4.63. The summed E-state index contributed by atoms with van der Waals surface area (Å²) in [5.74, 6) is -0.508. The predicted octanol–water partition coefficient (Wildman–Crippen LogP) is 3.37. The topological polar surface area (TPSA) is 98.5 Å². The Labute approximate surface area is 152 Å². The van der Waals surface area contributed by atoms with Crippen LogP contribution < -0.4 is 5.32 Å². The molecule has 0 amide bonds. The van der Waals surface area contributed by atoms with Gasteiger partial charge in [0.25, 0.3) is 5.69 Å². The number of hydrogen-bond acceptors (Lipinski definition) is 6. The third-order valence-electron chi connectivity index (χ3n) is 3.59. The van der Waals surface area contributed by atoms with Crippen molar-refractivity contribution in [2.24, 2.45) is 0 Å². The first-order valence-electron chi connectivity index (χ1n) is 7.27. The van der Waals surface area contributed by atoms with Gasteiger partial charge >= 0.3 is 5.97 Å². The summed E-state index contributed by atoms with van der Waals surface area (Å²) >= 11 is 3.25. The molecule has 0 spiro atoms. The van der Waals surface area contributed by atoms with Crippen molar-refractivity contribution in [2.45, 2.75) is 12.5 Å². The monoisotopic (exact) mass is 406 g/mol. The molecule has 2 aromatic rings. The average Bonchev–Trinajstić information content (AvgIpc) is 2.62. The van der Waals surface area contributed by atoms with Crippen LogP contribution in [0.2, 0.25) is 0 Å². The molecule has 0 aliphatic rings. The van der Waals surface area contributed by atoms with Gasteiger partial charge in [-0.3, -0.25) is 14.9 Å².